The van der Waals surface area contributed by atoms with Gasteiger partial charge in [-0.1, -0.05) is 0 Å². The highest BCUT2D eigenvalue weighted by atomic mass is 35.5. The molecule has 0 radical (unpaired) electrons. The van der Waals surface area contributed by atoms with Crippen LogP contribution in [0.3, 0.4) is 0 Å². The summed E-state index contributed by atoms with van der Waals surface area (Å²) in [4.78, 5) is 16.9. The minimum absolute atomic E-state index is 0. The van der Waals surface area contributed by atoms with Crippen LogP contribution in [0.1, 0.15) is 22.6 Å². The highest BCUT2D eigenvalue weighted by molar-refractivity contribution is 5.92. The van der Waals surface area contributed by atoms with Gasteiger partial charge in [-0.25, -0.2) is 0 Å². The Morgan fingerprint density at radius 2 is 2.05 bits per heavy atom. The molecule has 2 aliphatic rings. The molecule has 2 fully saturated rings. The van der Waals surface area contributed by atoms with E-state index in [2.05, 4.69) is 15.3 Å². The SMILES string of the molecule is Cc1cc(C(=O)N2CCN(C3CCNC3)CC2)nn1C.Cl. The van der Waals surface area contributed by atoms with E-state index in [1.807, 2.05) is 24.9 Å². The van der Waals surface area contributed by atoms with Crippen LogP contribution < -0.4 is 5.32 Å². The maximum Gasteiger partial charge on any atom is 0.274 e. The molecular weight excluding hydrogens is 290 g/mol. The predicted octanol–water partition coefficient (Wildman–Crippen LogP) is 0.270. The molecule has 3 rings (SSSR count). The second kappa shape index (κ2) is 6.77. The zero-order valence-corrected chi connectivity index (χ0v) is 13.5. The Balaban J connectivity index is 0.00000161. The van der Waals surface area contributed by atoms with Crippen LogP contribution >= 0.6 is 12.4 Å². The number of hydrogen-bond acceptors (Lipinski definition) is 4. The van der Waals surface area contributed by atoms with Gasteiger partial charge in [0.1, 0.15) is 0 Å². The van der Waals surface area contributed by atoms with Gasteiger partial charge in [-0.2, -0.15) is 5.10 Å². The minimum Gasteiger partial charge on any atom is -0.335 e. The van der Waals surface area contributed by atoms with E-state index in [0.29, 0.717) is 11.7 Å². The molecule has 1 N–H and O–H groups in total. The Labute approximate surface area is 131 Å². The van der Waals surface area contributed by atoms with Crippen molar-refractivity contribution in [2.75, 3.05) is 39.3 Å². The van der Waals surface area contributed by atoms with Crippen molar-refractivity contribution in [1.29, 1.82) is 0 Å². The van der Waals surface area contributed by atoms with Gasteiger partial charge in [-0.15, -0.1) is 12.4 Å². The first kappa shape index (κ1) is 16.3. The second-order valence-electron chi connectivity index (χ2n) is 5.77. The monoisotopic (exact) mass is 313 g/mol. The van der Waals surface area contributed by atoms with Crippen molar-refractivity contribution < 1.29 is 4.79 Å². The molecule has 0 spiro atoms. The number of amides is 1. The summed E-state index contributed by atoms with van der Waals surface area (Å²) in [7, 11) is 1.87. The third kappa shape index (κ3) is 3.39. The van der Waals surface area contributed by atoms with Crippen LogP contribution in [0.4, 0.5) is 0 Å². The normalized spacial score (nSPS) is 23.1. The zero-order chi connectivity index (χ0) is 14.1. The number of aromatic nitrogens is 2. The van der Waals surface area contributed by atoms with E-state index >= 15 is 0 Å². The Kier molecular flexibility index (Phi) is 5.24. The van der Waals surface area contributed by atoms with Gasteiger partial charge in [0.2, 0.25) is 0 Å². The van der Waals surface area contributed by atoms with Crippen molar-refractivity contribution in [3.8, 4) is 0 Å². The summed E-state index contributed by atoms with van der Waals surface area (Å²) >= 11 is 0. The van der Waals surface area contributed by atoms with Crippen molar-refractivity contribution in [1.82, 2.24) is 24.9 Å². The van der Waals surface area contributed by atoms with Gasteiger partial charge >= 0.3 is 0 Å². The van der Waals surface area contributed by atoms with Gasteiger partial charge in [-0.05, 0) is 26.0 Å². The molecule has 7 heteroatoms. The number of nitrogens with zero attached hydrogens (tertiary/aromatic N) is 4. The molecule has 3 heterocycles. The van der Waals surface area contributed by atoms with E-state index in [-0.39, 0.29) is 18.3 Å². The topological polar surface area (TPSA) is 53.4 Å². The van der Waals surface area contributed by atoms with Crippen LogP contribution in [0.5, 0.6) is 0 Å². The van der Waals surface area contributed by atoms with Gasteiger partial charge in [-0.3, -0.25) is 14.4 Å². The summed E-state index contributed by atoms with van der Waals surface area (Å²) in [5, 5.41) is 7.69. The van der Waals surface area contributed by atoms with Crippen molar-refractivity contribution in [2.24, 2.45) is 7.05 Å². The molecule has 1 amide bonds. The van der Waals surface area contributed by atoms with E-state index in [9.17, 15) is 4.79 Å². The van der Waals surface area contributed by atoms with Crippen molar-refractivity contribution in [3.63, 3.8) is 0 Å². The molecule has 21 heavy (non-hydrogen) atoms. The van der Waals surface area contributed by atoms with E-state index < -0.39 is 0 Å². The molecule has 1 atom stereocenters. The molecule has 6 nitrogen and oxygen atoms in total. The standard InChI is InChI=1S/C14H23N5O.ClH/c1-11-9-13(16-17(11)2)14(20)19-7-5-18(6-8-19)12-3-4-15-10-12;/h9,12,15H,3-8,10H2,1-2H3;1H. The lowest BCUT2D eigenvalue weighted by atomic mass is 10.2. The highest BCUT2D eigenvalue weighted by Crippen LogP contribution is 2.14. The Hall–Kier alpha value is -1.11. The molecule has 1 aromatic heterocycles. The van der Waals surface area contributed by atoms with Gasteiger partial charge < -0.3 is 10.2 Å². The van der Waals surface area contributed by atoms with Crippen molar-refractivity contribution >= 4 is 18.3 Å². The van der Waals surface area contributed by atoms with E-state index in [1.165, 1.54) is 6.42 Å². The molecule has 0 aliphatic carbocycles. The number of halogens is 1. The van der Waals surface area contributed by atoms with E-state index in [4.69, 9.17) is 0 Å². The van der Waals surface area contributed by atoms with Crippen LogP contribution in [0.2, 0.25) is 0 Å². The zero-order valence-electron chi connectivity index (χ0n) is 12.7. The largest absolute Gasteiger partial charge is 0.335 e. The van der Waals surface area contributed by atoms with Crippen molar-refractivity contribution in [2.45, 2.75) is 19.4 Å². The van der Waals surface area contributed by atoms with Crippen LogP contribution in [-0.4, -0.2) is 70.8 Å². The number of rotatable bonds is 2. The van der Waals surface area contributed by atoms with Crippen LogP contribution in [0.15, 0.2) is 6.07 Å². The fourth-order valence-electron chi connectivity index (χ4n) is 3.07. The summed E-state index contributed by atoms with van der Waals surface area (Å²) in [5.41, 5.74) is 1.59. The van der Waals surface area contributed by atoms with Gasteiger partial charge in [0.25, 0.3) is 5.91 Å². The number of aryl methyl sites for hydroxylation is 2. The van der Waals surface area contributed by atoms with Crippen molar-refractivity contribution in [3.05, 3.63) is 17.5 Å². The predicted molar refractivity (Wildman–Crippen MR) is 83.9 cm³/mol. The van der Waals surface area contributed by atoms with Crippen LogP contribution in [0.25, 0.3) is 0 Å². The molecule has 2 aliphatic heterocycles. The van der Waals surface area contributed by atoms with Gasteiger partial charge in [0.15, 0.2) is 5.69 Å². The maximum absolute atomic E-state index is 12.4. The molecule has 0 saturated carbocycles. The lowest BCUT2D eigenvalue weighted by Crippen LogP contribution is -2.52. The second-order valence-corrected chi connectivity index (χ2v) is 5.77. The first-order valence-electron chi connectivity index (χ1n) is 7.40. The number of carbonyl (C=O) groups is 1. The lowest BCUT2D eigenvalue weighted by molar-refractivity contribution is 0.0577. The number of nitrogens with one attached hydrogen (secondary N) is 1. The smallest absolute Gasteiger partial charge is 0.274 e. The summed E-state index contributed by atoms with van der Waals surface area (Å²) in [6.45, 7) is 7.75. The van der Waals surface area contributed by atoms with E-state index in [0.717, 1.165) is 45.0 Å². The quantitative estimate of drug-likeness (QED) is 0.851. The molecule has 2 saturated heterocycles. The summed E-state index contributed by atoms with van der Waals surface area (Å²) < 4.78 is 1.76. The van der Waals surface area contributed by atoms with E-state index in [1.54, 1.807) is 4.68 Å². The van der Waals surface area contributed by atoms with Crippen LogP contribution in [0, 0.1) is 6.92 Å². The Morgan fingerprint density at radius 1 is 1.33 bits per heavy atom. The first-order valence-corrected chi connectivity index (χ1v) is 7.40. The number of hydrogen-bond donors (Lipinski definition) is 1. The van der Waals surface area contributed by atoms with Gasteiger partial charge in [0.05, 0.1) is 0 Å². The third-order valence-electron chi connectivity index (χ3n) is 4.49. The number of carbonyl (C=O) groups excluding carboxylic acids is 1. The Morgan fingerprint density at radius 3 is 2.57 bits per heavy atom. The molecular formula is C14H24ClN5O. The number of piperazine rings is 1. The minimum atomic E-state index is 0. The molecule has 0 bridgehead atoms. The average Bonchev–Trinajstić information content (AvgIpc) is 3.09. The average molecular weight is 314 g/mol. The molecule has 118 valence electrons. The molecule has 1 unspecified atom stereocenters. The highest BCUT2D eigenvalue weighted by Gasteiger charge is 2.28. The molecule has 1 aromatic rings. The lowest BCUT2D eigenvalue weighted by Gasteiger charge is -2.37. The van der Waals surface area contributed by atoms with Crippen LogP contribution in [-0.2, 0) is 7.05 Å². The first-order chi connectivity index (χ1) is 9.65. The summed E-state index contributed by atoms with van der Waals surface area (Å²) in [6, 6.07) is 2.53. The third-order valence-corrected chi connectivity index (χ3v) is 4.49. The summed E-state index contributed by atoms with van der Waals surface area (Å²) in [6.07, 6.45) is 1.23. The summed E-state index contributed by atoms with van der Waals surface area (Å²) in [5.74, 6) is 0.0675. The van der Waals surface area contributed by atoms with Gasteiger partial charge in [0, 0.05) is 51.5 Å². The Bertz CT molecular complexity index is 470. The fraction of sp³-hybridized carbons (Fsp3) is 0.714. The fourth-order valence-corrected chi connectivity index (χ4v) is 3.07. The molecule has 0 aromatic carbocycles. The maximum atomic E-state index is 12.4.